The molecule has 98 valence electrons. The predicted molar refractivity (Wildman–Crippen MR) is 77.6 cm³/mol. The lowest BCUT2D eigenvalue weighted by atomic mass is 10.1. The summed E-state index contributed by atoms with van der Waals surface area (Å²) in [6.07, 6.45) is 0. The highest BCUT2D eigenvalue weighted by atomic mass is 79.9. The summed E-state index contributed by atoms with van der Waals surface area (Å²) in [5.74, 6) is -0.781. The highest BCUT2D eigenvalue weighted by Crippen LogP contribution is 2.21. The molecular formula is C14H12BrFN2O. The van der Waals surface area contributed by atoms with E-state index < -0.39 is 5.82 Å². The normalized spacial score (nSPS) is 10.3. The maximum absolute atomic E-state index is 13.1. The van der Waals surface area contributed by atoms with Crippen LogP contribution in [0.1, 0.15) is 15.9 Å². The van der Waals surface area contributed by atoms with Crippen molar-refractivity contribution in [2.45, 2.75) is 6.92 Å². The number of rotatable bonds is 2. The molecule has 0 saturated heterocycles. The monoisotopic (exact) mass is 322 g/mol. The summed E-state index contributed by atoms with van der Waals surface area (Å²) >= 11 is 3.33. The second kappa shape index (κ2) is 5.40. The Morgan fingerprint density at radius 2 is 2.00 bits per heavy atom. The topological polar surface area (TPSA) is 55.1 Å². The standard InChI is InChI=1S/C14H12BrFN2O/c1-8-4-9(6-10(15)5-8)14(19)18-13-7-11(16)2-3-12(13)17/h2-7H,17H2,1H3,(H,18,19). The molecule has 0 aliphatic rings. The van der Waals surface area contributed by atoms with Crippen molar-refractivity contribution >= 4 is 33.2 Å². The number of benzene rings is 2. The van der Waals surface area contributed by atoms with Crippen LogP contribution in [-0.4, -0.2) is 5.91 Å². The van der Waals surface area contributed by atoms with Crippen LogP contribution in [0.4, 0.5) is 15.8 Å². The third kappa shape index (κ3) is 3.32. The van der Waals surface area contributed by atoms with Gasteiger partial charge in [-0.2, -0.15) is 0 Å². The van der Waals surface area contributed by atoms with Gasteiger partial charge in [-0.05, 0) is 48.9 Å². The first-order chi connectivity index (χ1) is 8.95. The van der Waals surface area contributed by atoms with Gasteiger partial charge in [-0.3, -0.25) is 4.79 Å². The van der Waals surface area contributed by atoms with Crippen molar-refractivity contribution in [1.82, 2.24) is 0 Å². The van der Waals surface area contributed by atoms with Crippen LogP contribution in [0.25, 0.3) is 0 Å². The fourth-order valence-corrected chi connectivity index (χ4v) is 2.31. The largest absolute Gasteiger partial charge is 0.397 e. The first-order valence-corrected chi connectivity index (χ1v) is 6.38. The maximum atomic E-state index is 13.1. The molecule has 0 bridgehead atoms. The Labute approximate surface area is 118 Å². The number of nitrogen functional groups attached to an aromatic ring is 1. The smallest absolute Gasteiger partial charge is 0.255 e. The summed E-state index contributed by atoms with van der Waals surface area (Å²) in [5, 5.41) is 2.60. The van der Waals surface area contributed by atoms with Crippen LogP contribution in [0, 0.1) is 12.7 Å². The molecule has 2 aromatic rings. The van der Waals surface area contributed by atoms with Gasteiger partial charge in [0.25, 0.3) is 5.91 Å². The number of hydrogen-bond donors (Lipinski definition) is 2. The van der Waals surface area contributed by atoms with Gasteiger partial charge in [-0.1, -0.05) is 15.9 Å². The van der Waals surface area contributed by atoms with Crippen LogP contribution in [0.5, 0.6) is 0 Å². The molecule has 0 atom stereocenters. The van der Waals surface area contributed by atoms with Crippen molar-refractivity contribution in [2.75, 3.05) is 11.1 Å². The van der Waals surface area contributed by atoms with E-state index >= 15 is 0 Å². The van der Waals surface area contributed by atoms with E-state index in [1.807, 2.05) is 13.0 Å². The molecule has 0 aromatic heterocycles. The number of hydrogen-bond acceptors (Lipinski definition) is 2. The Kier molecular flexibility index (Phi) is 3.85. The van der Waals surface area contributed by atoms with Gasteiger partial charge in [-0.15, -0.1) is 0 Å². The van der Waals surface area contributed by atoms with Gasteiger partial charge in [0.2, 0.25) is 0 Å². The molecule has 5 heteroatoms. The molecule has 3 N–H and O–H groups in total. The molecule has 0 aliphatic carbocycles. The number of amides is 1. The first kappa shape index (κ1) is 13.5. The lowest BCUT2D eigenvalue weighted by Crippen LogP contribution is -2.13. The molecule has 0 heterocycles. The Bertz CT molecular complexity index is 623. The van der Waals surface area contributed by atoms with Gasteiger partial charge in [0, 0.05) is 10.0 Å². The van der Waals surface area contributed by atoms with Gasteiger partial charge in [-0.25, -0.2) is 4.39 Å². The minimum atomic E-state index is -0.449. The van der Waals surface area contributed by atoms with Crippen molar-refractivity contribution < 1.29 is 9.18 Å². The lowest BCUT2D eigenvalue weighted by Gasteiger charge is -2.09. The predicted octanol–water partition coefficient (Wildman–Crippen LogP) is 3.73. The molecule has 19 heavy (non-hydrogen) atoms. The van der Waals surface area contributed by atoms with Crippen LogP contribution in [0.15, 0.2) is 40.9 Å². The second-order valence-electron chi connectivity index (χ2n) is 4.20. The van der Waals surface area contributed by atoms with Gasteiger partial charge in [0.15, 0.2) is 0 Å². The third-order valence-corrected chi connectivity index (χ3v) is 3.03. The van der Waals surface area contributed by atoms with Gasteiger partial charge in [0.1, 0.15) is 5.82 Å². The van der Waals surface area contributed by atoms with E-state index in [1.54, 1.807) is 12.1 Å². The zero-order valence-electron chi connectivity index (χ0n) is 10.2. The fourth-order valence-electron chi connectivity index (χ4n) is 1.70. The molecule has 0 fully saturated rings. The number of anilines is 2. The summed E-state index contributed by atoms with van der Waals surface area (Å²) in [4.78, 5) is 12.1. The average Bonchev–Trinajstić information content (AvgIpc) is 2.32. The number of halogens is 2. The van der Waals surface area contributed by atoms with Crippen molar-refractivity contribution in [1.29, 1.82) is 0 Å². The van der Waals surface area contributed by atoms with Crippen LogP contribution in [0.2, 0.25) is 0 Å². The Morgan fingerprint density at radius 3 is 2.68 bits per heavy atom. The third-order valence-electron chi connectivity index (χ3n) is 2.57. The van der Waals surface area contributed by atoms with Crippen molar-refractivity contribution in [2.24, 2.45) is 0 Å². The van der Waals surface area contributed by atoms with E-state index in [0.29, 0.717) is 11.3 Å². The van der Waals surface area contributed by atoms with Crippen molar-refractivity contribution in [3.05, 3.63) is 57.8 Å². The Hall–Kier alpha value is -1.88. The molecule has 0 unspecified atom stereocenters. The van der Waals surface area contributed by atoms with E-state index in [2.05, 4.69) is 21.2 Å². The zero-order chi connectivity index (χ0) is 14.0. The highest BCUT2D eigenvalue weighted by molar-refractivity contribution is 9.10. The maximum Gasteiger partial charge on any atom is 0.255 e. The molecule has 0 saturated carbocycles. The van der Waals surface area contributed by atoms with Crippen molar-refractivity contribution in [3.63, 3.8) is 0 Å². The molecule has 1 amide bonds. The van der Waals surface area contributed by atoms with Crippen LogP contribution >= 0.6 is 15.9 Å². The quantitative estimate of drug-likeness (QED) is 0.828. The van der Waals surface area contributed by atoms with E-state index in [9.17, 15) is 9.18 Å². The van der Waals surface area contributed by atoms with Crippen LogP contribution in [-0.2, 0) is 0 Å². The number of nitrogens with one attached hydrogen (secondary N) is 1. The molecule has 3 nitrogen and oxygen atoms in total. The first-order valence-electron chi connectivity index (χ1n) is 5.59. The summed E-state index contributed by atoms with van der Waals surface area (Å²) < 4.78 is 13.9. The second-order valence-corrected chi connectivity index (χ2v) is 5.12. The Morgan fingerprint density at radius 1 is 1.26 bits per heavy atom. The molecule has 2 rings (SSSR count). The van der Waals surface area contributed by atoms with E-state index in [-0.39, 0.29) is 11.6 Å². The number of carbonyl (C=O) groups is 1. The highest BCUT2D eigenvalue weighted by Gasteiger charge is 2.10. The van der Waals surface area contributed by atoms with E-state index in [1.165, 1.54) is 18.2 Å². The van der Waals surface area contributed by atoms with Gasteiger partial charge < -0.3 is 11.1 Å². The summed E-state index contributed by atoms with van der Waals surface area (Å²) in [6, 6.07) is 9.18. The summed E-state index contributed by atoms with van der Waals surface area (Å²) in [6.45, 7) is 1.89. The molecule has 0 aliphatic heterocycles. The van der Waals surface area contributed by atoms with Crippen LogP contribution in [0.3, 0.4) is 0 Å². The molecule has 2 aromatic carbocycles. The minimum absolute atomic E-state index is 0.266. The van der Waals surface area contributed by atoms with Gasteiger partial charge >= 0.3 is 0 Å². The zero-order valence-corrected chi connectivity index (χ0v) is 11.8. The number of aryl methyl sites for hydroxylation is 1. The van der Waals surface area contributed by atoms with E-state index in [4.69, 9.17) is 5.73 Å². The number of carbonyl (C=O) groups excluding carboxylic acids is 1. The average molecular weight is 323 g/mol. The fraction of sp³-hybridized carbons (Fsp3) is 0.0714. The van der Waals surface area contributed by atoms with Crippen molar-refractivity contribution in [3.8, 4) is 0 Å². The summed E-state index contributed by atoms with van der Waals surface area (Å²) in [7, 11) is 0. The molecule has 0 radical (unpaired) electrons. The van der Waals surface area contributed by atoms with Crippen LogP contribution < -0.4 is 11.1 Å². The minimum Gasteiger partial charge on any atom is -0.397 e. The summed E-state index contributed by atoms with van der Waals surface area (Å²) in [5.41, 5.74) is 7.70. The molecule has 0 spiro atoms. The molecular weight excluding hydrogens is 311 g/mol. The number of nitrogens with two attached hydrogens (primary N) is 1. The lowest BCUT2D eigenvalue weighted by molar-refractivity contribution is 0.102. The SMILES string of the molecule is Cc1cc(Br)cc(C(=O)Nc2cc(F)ccc2N)c1. The van der Waals surface area contributed by atoms with E-state index in [0.717, 1.165) is 10.0 Å². The van der Waals surface area contributed by atoms with Gasteiger partial charge in [0.05, 0.1) is 11.4 Å². The Balaban J connectivity index is 2.28.